The van der Waals surface area contributed by atoms with Crippen LogP contribution in [-0.4, -0.2) is 46.8 Å². The van der Waals surface area contributed by atoms with Crippen LogP contribution in [0.5, 0.6) is 0 Å². The molecular weight excluding hydrogens is 424 g/mol. The highest BCUT2D eigenvalue weighted by Crippen LogP contribution is 2.25. The summed E-state index contributed by atoms with van der Waals surface area (Å²) >= 11 is 2.01. The van der Waals surface area contributed by atoms with Crippen LogP contribution in [0.15, 0.2) is 67.0 Å². The summed E-state index contributed by atoms with van der Waals surface area (Å²) < 4.78 is 0. The molecule has 0 fully saturated rings. The van der Waals surface area contributed by atoms with E-state index in [1.165, 1.54) is 40.3 Å². The third-order valence-electron chi connectivity index (χ3n) is 6.32. The fourth-order valence-electron chi connectivity index (χ4n) is 4.64. The predicted molar refractivity (Wildman–Crippen MR) is 140 cm³/mol. The molecule has 0 radical (unpaired) electrons. The van der Waals surface area contributed by atoms with Gasteiger partial charge in [-0.2, -0.15) is 11.8 Å². The summed E-state index contributed by atoms with van der Waals surface area (Å²) in [5.74, 6) is 2.27. The molecule has 4 rings (SSSR count). The monoisotopic (exact) mass is 460 g/mol. The zero-order valence-corrected chi connectivity index (χ0v) is 20.6. The van der Waals surface area contributed by atoms with Gasteiger partial charge in [-0.1, -0.05) is 67.6 Å². The molecule has 0 saturated carbocycles. The number of nitrogens with one attached hydrogen (secondary N) is 1. The Kier molecular flexibility index (Phi) is 9.34. The third-order valence-corrected chi connectivity index (χ3v) is 7.31. The number of rotatable bonds is 12. The van der Waals surface area contributed by atoms with Gasteiger partial charge in [0.1, 0.15) is 6.33 Å². The third kappa shape index (κ3) is 6.89. The summed E-state index contributed by atoms with van der Waals surface area (Å²) in [6.45, 7) is 6.55. The summed E-state index contributed by atoms with van der Waals surface area (Å²) in [6.07, 6.45) is 6.24. The highest BCUT2D eigenvalue weighted by Gasteiger charge is 2.16. The quantitative estimate of drug-likeness (QED) is 0.398. The van der Waals surface area contributed by atoms with Gasteiger partial charge in [-0.25, -0.2) is 9.97 Å². The number of fused-ring (bicyclic) bond motifs is 1. The van der Waals surface area contributed by atoms with Crippen LogP contribution in [0.4, 0.5) is 0 Å². The van der Waals surface area contributed by atoms with Gasteiger partial charge in [-0.05, 0) is 55.7 Å². The van der Waals surface area contributed by atoms with Crippen LogP contribution in [0.25, 0.3) is 0 Å². The summed E-state index contributed by atoms with van der Waals surface area (Å²) in [5, 5.41) is 3.83. The summed E-state index contributed by atoms with van der Waals surface area (Å²) in [6, 6.07) is 21.8. The maximum absolute atomic E-state index is 4.63. The largest absolute Gasteiger partial charge is 0.305 e. The first-order chi connectivity index (χ1) is 16.3. The second kappa shape index (κ2) is 12.9. The second-order valence-electron chi connectivity index (χ2n) is 8.70. The van der Waals surface area contributed by atoms with E-state index in [9.17, 15) is 0 Å². The molecule has 174 valence electrons. The molecule has 1 aliphatic heterocycles. The van der Waals surface area contributed by atoms with Gasteiger partial charge in [0.25, 0.3) is 0 Å². The SMILES string of the molecule is CCCN(CCCc1ncnc2c1CSCC2)CCNC(c1ccccc1)c1ccccc1. The highest BCUT2D eigenvalue weighted by atomic mass is 32.2. The Hall–Kier alpha value is -2.21. The molecule has 0 amide bonds. The van der Waals surface area contributed by atoms with E-state index in [-0.39, 0.29) is 6.04 Å². The normalized spacial score (nSPS) is 13.4. The van der Waals surface area contributed by atoms with E-state index >= 15 is 0 Å². The minimum atomic E-state index is 0.223. The standard InChI is InChI=1S/C28H36N4S/c1-2-17-32(18-9-14-26-25-21-33-20-15-27(25)31-22-30-26)19-16-29-28(23-10-5-3-6-11-23)24-12-7-4-8-13-24/h3-8,10-13,22,28-29H,2,9,14-21H2,1H3. The van der Waals surface area contributed by atoms with Crippen molar-refractivity contribution in [2.45, 2.75) is 44.4 Å². The average Bonchev–Trinajstić information content (AvgIpc) is 2.88. The maximum Gasteiger partial charge on any atom is 0.115 e. The van der Waals surface area contributed by atoms with Crippen LogP contribution in [0.2, 0.25) is 0 Å². The van der Waals surface area contributed by atoms with Gasteiger partial charge in [0.15, 0.2) is 0 Å². The first kappa shape index (κ1) is 23.9. The lowest BCUT2D eigenvalue weighted by atomic mass is 9.99. The maximum atomic E-state index is 4.63. The molecule has 3 aromatic rings. The molecule has 33 heavy (non-hydrogen) atoms. The van der Waals surface area contributed by atoms with E-state index in [0.717, 1.165) is 51.2 Å². The lowest BCUT2D eigenvalue weighted by Gasteiger charge is -2.25. The van der Waals surface area contributed by atoms with Crippen molar-refractivity contribution in [1.29, 1.82) is 0 Å². The van der Waals surface area contributed by atoms with Crippen molar-refractivity contribution in [2.75, 3.05) is 31.9 Å². The highest BCUT2D eigenvalue weighted by molar-refractivity contribution is 7.98. The van der Waals surface area contributed by atoms with Crippen molar-refractivity contribution in [3.8, 4) is 0 Å². The van der Waals surface area contributed by atoms with Crippen molar-refractivity contribution >= 4 is 11.8 Å². The Bertz CT molecular complexity index is 925. The van der Waals surface area contributed by atoms with E-state index in [0.29, 0.717) is 0 Å². The summed E-state index contributed by atoms with van der Waals surface area (Å²) in [5.41, 5.74) is 6.59. The molecule has 1 aliphatic rings. The van der Waals surface area contributed by atoms with E-state index in [2.05, 4.69) is 87.8 Å². The van der Waals surface area contributed by atoms with Gasteiger partial charge in [0.2, 0.25) is 0 Å². The van der Waals surface area contributed by atoms with Gasteiger partial charge < -0.3 is 10.2 Å². The van der Waals surface area contributed by atoms with Gasteiger partial charge in [0.05, 0.1) is 6.04 Å². The molecule has 5 heteroatoms. The van der Waals surface area contributed by atoms with E-state index < -0.39 is 0 Å². The summed E-state index contributed by atoms with van der Waals surface area (Å²) in [7, 11) is 0. The van der Waals surface area contributed by atoms with Crippen LogP contribution in [0.3, 0.4) is 0 Å². The summed E-state index contributed by atoms with van der Waals surface area (Å²) in [4.78, 5) is 11.7. The molecule has 1 aromatic heterocycles. The Balaban J connectivity index is 1.31. The van der Waals surface area contributed by atoms with Gasteiger partial charge in [-0.3, -0.25) is 0 Å². The fraction of sp³-hybridized carbons (Fsp3) is 0.429. The number of hydrogen-bond acceptors (Lipinski definition) is 5. The van der Waals surface area contributed by atoms with Crippen molar-refractivity contribution in [3.05, 3.63) is 95.1 Å². The molecular formula is C28H36N4S. The lowest BCUT2D eigenvalue weighted by molar-refractivity contribution is 0.267. The molecule has 2 aromatic carbocycles. The van der Waals surface area contributed by atoms with Crippen molar-refractivity contribution < 1.29 is 0 Å². The molecule has 0 unspecified atom stereocenters. The first-order valence-electron chi connectivity index (χ1n) is 12.3. The Morgan fingerprint density at radius 1 is 0.939 bits per heavy atom. The number of thioether (sulfide) groups is 1. The number of aromatic nitrogens is 2. The second-order valence-corrected chi connectivity index (χ2v) is 9.81. The molecule has 4 nitrogen and oxygen atoms in total. The van der Waals surface area contributed by atoms with E-state index in [4.69, 9.17) is 0 Å². The smallest absolute Gasteiger partial charge is 0.115 e. The van der Waals surface area contributed by atoms with E-state index in [1.54, 1.807) is 6.33 Å². The van der Waals surface area contributed by atoms with Crippen molar-refractivity contribution in [3.63, 3.8) is 0 Å². The molecule has 0 aliphatic carbocycles. The number of hydrogen-bond donors (Lipinski definition) is 1. The average molecular weight is 461 g/mol. The molecule has 0 bridgehead atoms. The fourth-order valence-corrected chi connectivity index (χ4v) is 5.66. The molecule has 2 heterocycles. The van der Waals surface area contributed by atoms with Gasteiger partial charge >= 0.3 is 0 Å². The minimum Gasteiger partial charge on any atom is -0.305 e. The Labute approximate surface area is 203 Å². The van der Waals surface area contributed by atoms with E-state index in [1.807, 2.05) is 11.8 Å². The molecule has 0 spiro atoms. The Morgan fingerprint density at radius 3 is 2.36 bits per heavy atom. The zero-order chi connectivity index (χ0) is 22.7. The minimum absolute atomic E-state index is 0.223. The Morgan fingerprint density at radius 2 is 1.67 bits per heavy atom. The molecule has 1 N–H and O–H groups in total. The van der Waals surface area contributed by atoms with Crippen molar-refractivity contribution in [2.24, 2.45) is 0 Å². The molecule has 0 saturated heterocycles. The molecule has 0 atom stereocenters. The van der Waals surface area contributed by atoms with Crippen molar-refractivity contribution in [1.82, 2.24) is 20.2 Å². The number of aryl methyl sites for hydroxylation is 2. The van der Waals surface area contributed by atoms with Gasteiger partial charge in [-0.15, -0.1) is 0 Å². The number of benzene rings is 2. The van der Waals surface area contributed by atoms with Crippen LogP contribution in [-0.2, 0) is 18.6 Å². The van der Waals surface area contributed by atoms with Crippen LogP contribution < -0.4 is 5.32 Å². The predicted octanol–water partition coefficient (Wildman–Crippen LogP) is 5.29. The first-order valence-corrected chi connectivity index (χ1v) is 13.5. The topological polar surface area (TPSA) is 41.1 Å². The van der Waals surface area contributed by atoms with Crippen LogP contribution in [0, 0.1) is 0 Å². The van der Waals surface area contributed by atoms with Crippen LogP contribution in [0.1, 0.15) is 53.9 Å². The zero-order valence-electron chi connectivity index (χ0n) is 19.7. The van der Waals surface area contributed by atoms with Gasteiger partial charge in [0, 0.05) is 35.8 Å². The van der Waals surface area contributed by atoms with Crippen LogP contribution >= 0.6 is 11.8 Å². The lowest BCUT2D eigenvalue weighted by Crippen LogP contribution is -2.35. The number of nitrogens with zero attached hydrogens (tertiary/aromatic N) is 3.